The average molecular weight is 228 g/mol. The van der Waals surface area contributed by atoms with Gasteiger partial charge in [0.1, 0.15) is 17.3 Å². The number of ether oxygens (including phenoxy) is 2. The second kappa shape index (κ2) is 4.09. The van der Waals surface area contributed by atoms with Crippen LogP contribution >= 0.6 is 0 Å². The Morgan fingerprint density at radius 3 is 2.94 bits per heavy atom. The maximum absolute atomic E-state index is 11.5. The molecule has 17 heavy (non-hydrogen) atoms. The maximum Gasteiger partial charge on any atom is 0.230 e. The number of Topliss-reactive ketones (excluding diaryl/α,β-unsaturated/α-hetero) is 1. The molecule has 0 saturated carbocycles. The van der Waals surface area contributed by atoms with Crippen molar-refractivity contribution in [3.05, 3.63) is 47.2 Å². The summed E-state index contributed by atoms with van der Waals surface area (Å²) in [5.41, 5.74) is 1.93. The monoisotopic (exact) mass is 228 g/mol. The number of allylic oxidation sites excluding steroid dienone is 2. The maximum atomic E-state index is 11.5. The molecule has 0 aromatic heterocycles. The molecule has 0 saturated heterocycles. The van der Waals surface area contributed by atoms with Gasteiger partial charge in [-0.15, -0.1) is 0 Å². The minimum atomic E-state index is 0.189. The summed E-state index contributed by atoms with van der Waals surface area (Å²) in [6.45, 7) is 0.189. The summed E-state index contributed by atoms with van der Waals surface area (Å²) in [6, 6.07) is 7.75. The first-order chi connectivity index (χ1) is 8.33. The lowest BCUT2D eigenvalue weighted by Gasteiger charge is -2.21. The Morgan fingerprint density at radius 2 is 2.00 bits per heavy atom. The van der Waals surface area contributed by atoms with E-state index < -0.39 is 0 Å². The number of fused-ring (bicyclic) bond motifs is 2. The summed E-state index contributed by atoms with van der Waals surface area (Å²) in [5.74, 6) is 1.79. The van der Waals surface area contributed by atoms with Gasteiger partial charge in [0, 0.05) is 24.0 Å². The largest absolute Gasteiger partial charge is 0.458 e. The van der Waals surface area contributed by atoms with Gasteiger partial charge < -0.3 is 9.47 Å². The average Bonchev–Trinajstić information content (AvgIpc) is 2.31. The second-order valence-corrected chi connectivity index (χ2v) is 4.10. The third-order valence-electron chi connectivity index (χ3n) is 2.90. The molecule has 1 aliphatic carbocycles. The number of benzene rings is 1. The zero-order valence-electron chi connectivity index (χ0n) is 9.31. The van der Waals surface area contributed by atoms with Crippen LogP contribution in [0.2, 0.25) is 0 Å². The van der Waals surface area contributed by atoms with Crippen LogP contribution in [0.25, 0.3) is 6.08 Å². The number of para-hydroxylation sites is 1. The number of hydrogen-bond acceptors (Lipinski definition) is 3. The lowest BCUT2D eigenvalue weighted by atomic mass is 9.96. The second-order valence-electron chi connectivity index (χ2n) is 4.10. The van der Waals surface area contributed by atoms with Gasteiger partial charge in [-0.1, -0.05) is 18.2 Å². The molecule has 0 N–H and O–H groups in total. The third-order valence-corrected chi connectivity index (χ3v) is 2.90. The molecule has 1 aromatic carbocycles. The van der Waals surface area contributed by atoms with Crippen LogP contribution in [0.5, 0.6) is 5.75 Å². The Bertz CT molecular complexity index is 526. The van der Waals surface area contributed by atoms with E-state index in [0.717, 1.165) is 22.6 Å². The first-order valence-corrected chi connectivity index (χ1v) is 5.60. The van der Waals surface area contributed by atoms with Crippen LogP contribution in [-0.2, 0) is 9.53 Å². The van der Waals surface area contributed by atoms with Gasteiger partial charge in [-0.05, 0) is 18.2 Å². The fourth-order valence-electron chi connectivity index (χ4n) is 2.06. The Kier molecular flexibility index (Phi) is 2.44. The molecule has 0 atom stereocenters. The third kappa shape index (κ3) is 1.96. The highest BCUT2D eigenvalue weighted by atomic mass is 16.7. The van der Waals surface area contributed by atoms with E-state index in [0.29, 0.717) is 12.8 Å². The lowest BCUT2D eigenvalue weighted by molar-refractivity contribution is -0.118. The van der Waals surface area contributed by atoms with E-state index in [1.807, 2.05) is 36.4 Å². The highest BCUT2D eigenvalue weighted by Gasteiger charge is 2.19. The van der Waals surface area contributed by atoms with Crippen molar-refractivity contribution in [2.24, 2.45) is 0 Å². The van der Waals surface area contributed by atoms with Crippen molar-refractivity contribution < 1.29 is 14.3 Å². The van der Waals surface area contributed by atoms with Crippen LogP contribution in [0, 0.1) is 0 Å². The van der Waals surface area contributed by atoms with Crippen molar-refractivity contribution in [3.63, 3.8) is 0 Å². The van der Waals surface area contributed by atoms with E-state index in [-0.39, 0.29) is 12.6 Å². The predicted molar refractivity (Wildman–Crippen MR) is 63.3 cm³/mol. The zero-order chi connectivity index (χ0) is 11.7. The summed E-state index contributed by atoms with van der Waals surface area (Å²) in [7, 11) is 0. The topological polar surface area (TPSA) is 35.5 Å². The van der Waals surface area contributed by atoms with Crippen LogP contribution in [0.15, 0.2) is 41.7 Å². The molecule has 0 unspecified atom stereocenters. The lowest BCUT2D eigenvalue weighted by Crippen LogP contribution is -2.14. The van der Waals surface area contributed by atoms with E-state index in [1.165, 1.54) is 0 Å². The Labute approximate surface area is 99.3 Å². The molecular weight excluding hydrogens is 216 g/mol. The van der Waals surface area contributed by atoms with Crippen molar-refractivity contribution in [3.8, 4) is 5.75 Å². The molecule has 1 aromatic rings. The fourth-order valence-corrected chi connectivity index (χ4v) is 2.06. The Hall–Kier alpha value is -2.03. The van der Waals surface area contributed by atoms with Crippen LogP contribution < -0.4 is 4.74 Å². The molecule has 3 heteroatoms. The molecule has 0 fully saturated rings. The van der Waals surface area contributed by atoms with E-state index in [2.05, 4.69) is 0 Å². The van der Waals surface area contributed by atoms with E-state index >= 15 is 0 Å². The van der Waals surface area contributed by atoms with Crippen LogP contribution in [0.4, 0.5) is 0 Å². The number of carbonyl (C=O) groups excluding carboxylic acids is 1. The molecule has 0 radical (unpaired) electrons. The number of carbonyl (C=O) groups is 1. The molecule has 0 amide bonds. The molecule has 3 rings (SSSR count). The van der Waals surface area contributed by atoms with Gasteiger partial charge in [0.05, 0.1) is 0 Å². The first kappa shape index (κ1) is 10.1. The SMILES string of the molecule is O=C1CC=C2OCOc3ccccc3C=C2C1. The molecule has 1 aliphatic heterocycles. The van der Waals surface area contributed by atoms with Gasteiger partial charge in [0.25, 0.3) is 0 Å². The van der Waals surface area contributed by atoms with Gasteiger partial charge in [-0.25, -0.2) is 0 Å². The molecule has 0 bridgehead atoms. The van der Waals surface area contributed by atoms with Crippen LogP contribution in [-0.4, -0.2) is 12.6 Å². The standard InChI is InChI=1S/C14H12O3/c15-12-5-6-14-11(8-12)7-10-3-1-2-4-13(10)16-9-17-14/h1-4,6-7H,5,8-9H2. The fraction of sp³-hybridized carbons (Fsp3) is 0.214. The predicted octanol–water partition coefficient (Wildman–Crippen LogP) is 2.68. The van der Waals surface area contributed by atoms with Crippen molar-refractivity contribution in [1.29, 1.82) is 0 Å². The smallest absolute Gasteiger partial charge is 0.230 e. The molecule has 1 heterocycles. The number of hydrogen-bond donors (Lipinski definition) is 0. The zero-order valence-corrected chi connectivity index (χ0v) is 9.31. The van der Waals surface area contributed by atoms with Crippen molar-refractivity contribution in [1.82, 2.24) is 0 Å². The van der Waals surface area contributed by atoms with Crippen molar-refractivity contribution in [2.75, 3.05) is 6.79 Å². The Balaban J connectivity index is 2.09. The van der Waals surface area contributed by atoms with Gasteiger partial charge in [0.15, 0.2) is 0 Å². The summed E-state index contributed by atoms with van der Waals surface area (Å²) in [6.07, 6.45) is 4.70. The van der Waals surface area contributed by atoms with Crippen molar-refractivity contribution in [2.45, 2.75) is 12.8 Å². The van der Waals surface area contributed by atoms with Crippen LogP contribution in [0.3, 0.4) is 0 Å². The Morgan fingerprint density at radius 1 is 1.12 bits per heavy atom. The highest BCUT2D eigenvalue weighted by molar-refractivity contribution is 5.87. The highest BCUT2D eigenvalue weighted by Crippen LogP contribution is 2.30. The van der Waals surface area contributed by atoms with Crippen LogP contribution in [0.1, 0.15) is 18.4 Å². The first-order valence-electron chi connectivity index (χ1n) is 5.60. The van der Waals surface area contributed by atoms with E-state index in [9.17, 15) is 4.79 Å². The van der Waals surface area contributed by atoms with Gasteiger partial charge in [-0.3, -0.25) is 4.79 Å². The summed E-state index contributed by atoms with van der Waals surface area (Å²) >= 11 is 0. The molecule has 86 valence electrons. The van der Waals surface area contributed by atoms with E-state index in [1.54, 1.807) is 0 Å². The quantitative estimate of drug-likeness (QED) is 0.684. The number of rotatable bonds is 0. The minimum absolute atomic E-state index is 0.189. The summed E-state index contributed by atoms with van der Waals surface area (Å²) in [5, 5.41) is 0. The number of ketones is 1. The van der Waals surface area contributed by atoms with Gasteiger partial charge >= 0.3 is 0 Å². The minimum Gasteiger partial charge on any atom is -0.458 e. The molecular formula is C14H12O3. The summed E-state index contributed by atoms with van der Waals surface area (Å²) < 4.78 is 11.0. The molecule has 2 aliphatic rings. The van der Waals surface area contributed by atoms with E-state index in [4.69, 9.17) is 9.47 Å². The van der Waals surface area contributed by atoms with Crippen molar-refractivity contribution >= 4 is 11.9 Å². The normalized spacial score (nSPS) is 18.5. The molecule has 3 nitrogen and oxygen atoms in total. The van der Waals surface area contributed by atoms with Gasteiger partial charge in [0.2, 0.25) is 6.79 Å². The van der Waals surface area contributed by atoms with Gasteiger partial charge in [-0.2, -0.15) is 0 Å². The molecule has 0 spiro atoms. The summed E-state index contributed by atoms with van der Waals surface area (Å²) in [4.78, 5) is 11.5.